The molecule has 2 nitrogen and oxygen atoms in total. The summed E-state index contributed by atoms with van der Waals surface area (Å²) in [7, 11) is 1.83. The van der Waals surface area contributed by atoms with Crippen LogP contribution in [0.25, 0.3) is 0 Å². The van der Waals surface area contributed by atoms with Crippen molar-refractivity contribution in [1.29, 1.82) is 0 Å². The average molecular weight is 327 g/mol. The molecule has 1 aromatic heterocycles. The number of aromatic nitrogens is 1. The second kappa shape index (κ2) is 5.65. The second-order valence-electron chi connectivity index (χ2n) is 4.39. The Morgan fingerprint density at radius 3 is 2.63 bits per heavy atom. The summed E-state index contributed by atoms with van der Waals surface area (Å²) in [6, 6.07) is 5.55. The van der Waals surface area contributed by atoms with Crippen molar-refractivity contribution in [1.82, 2.24) is 4.98 Å². The number of hydrogen-bond acceptors (Lipinski definition) is 2. The molecule has 0 saturated heterocycles. The van der Waals surface area contributed by atoms with Crippen LogP contribution in [0.1, 0.15) is 11.1 Å². The SMILES string of the molecule is Cc1cc(Br)cnc1N(C)Cc1ccc(F)cc1F. The third-order valence-electron chi connectivity index (χ3n) is 2.80. The van der Waals surface area contributed by atoms with Crippen LogP contribution in [0.4, 0.5) is 14.6 Å². The minimum absolute atomic E-state index is 0.335. The summed E-state index contributed by atoms with van der Waals surface area (Å²) < 4.78 is 27.3. The lowest BCUT2D eigenvalue weighted by atomic mass is 10.2. The molecule has 0 bridgehead atoms. The summed E-state index contributed by atoms with van der Waals surface area (Å²) >= 11 is 3.35. The molecule has 0 amide bonds. The molecule has 0 aliphatic rings. The zero-order valence-electron chi connectivity index (χ0n) is 10.6. The fourth-order valence-electron chi connectivity index (χ4n) is 1.91. The monoisotopic (exact) mass is 326 g/mol. The van der Waals surface area contributed by atoms with Gasteiger partial charge in [0, 0.05) is 35.9 Å². The van der Waals surface area contributed by atoms with E-state index < -0.39 is 11.6 Å². The Labute approximate surface area is 119 Å². The Kier molecular flexibility index (Phi) is 4.14. The van der Waals surface area contributed by atoms with Crippen molar-refractivity contribution in [3.8, 4) is 0 Å². The van der Waals surface area contributed by atoms with Crippen molar-refractivity contribution in [2.45, 2.75) is 13.5 Å². The van der Waals surface area contributed by atoms with Crippen LogP contribution in [0.15, 0.2) is 34.9 Å². The van der Waals surface area contributed by atoms with Crippen molar-refractivity contribution in [2.75, 3.05) is 11.9 Å². The van der Waals surface area contributed by atoms with E-state index in [1.807, 2.05) is 24.9 Å². The molecule has 1 heterocycles. The smallest absolute Gasteiger partial charge is 0.131 e. The van der Waals surface area contributed by atoms with Crippen LogP contribution in [-0.2, 0) is 6.54 Å². The lowest BCUT2D eigenvalue weighted by molar-refractivity contribution is 0.571. The molecular formula is C14H13BrF2N2. The highest BCUT2D eigenvalue weighted by molar-refractivity contribution is 9.10. The normalized spacial score (nSPS) is 10.6. The predicted octanol–water partition coefficient (Wildman–Crippen LogP) is 4.07. The summed E-state index contributed by atoms with van der Waals surface area (Å²) in [5.41, 5.74) is 1.42. The topological polar surface area (TPSA) is 16.1 Å². The first kappa shape index (κ1) is 13.9. The minimum atomic E-state index is -0.568. The molecule has 0 fully saturated rings. The van der Waals surface area contributed by atoms with Gasteiger partial charge >= 0.3 is 0 Å². The van der Waals surface area contributed by atoms with E-state index in [0.29, 0.717) is 12.1 Å². The Hall–Kier alpha value is -1.49. The number of anilines is 1. The number of pyridine rings is 1. The first-order valence-electron chi connectivity index (χ1n) is 5.74. The molecule has 0 radical (unpaired) electrons. The highest BCUT2D eigenvalue weighted by Crippen LogP contribution is 2.22. The van der Waals surface area contributed by atoms with Crippen LogP contribution in [0, 0.1) is 18.6 Å². The van der Waals surface area contributed by atoms with E-state index in [2.05, 4.69) is 20.9 Å². The van der Waals surface area contributed by atoms with Crippen LogP contribution in [-0.4, -0.2) is 12.0 Å². The molecule has 1 aromatic carbocycles. The summed E-state index contributed by atoms with van der Waals surface area (Å²) in [5, 5.41) is 0. The average Bonchev–Trinajstić information content (AvgIpc) is 2.32. The zero-order chi connectivity index (χ0) is 14.0. The Bertz CT molecular complexity index is 602. The maximum atomic E-state index is 13.6. The Balaban J connectivity index is 2.23. The molecule has 19 heavy (non-hydrogen) atoms. The summed E-state index contributed by atoms with van der Waals surface area (Å²) in [4.78, 5) is 6.14. The number of halogens is 3. The summed E-state index contributed by atoms with van der Waals surface area (Å²) in [6.07, 6.45) is 1.69. The van der Waals surface area contributed by atoms with Gasteiger partial charge < -0.3 is 4.90 Å². The summed E-state index contributed by atoms with van der Waals surface area (Å²) in [6.45, 7) is 2.27. The number of rotatable bonds is 3. The van der Waals surface area contributed by atoms with Crippen molar-refractivity contribution in [3.05, 3.63) is 57.7 Å². The first-order chi connectivity index (χ1) is 8.97. The standard InChI is InChI=1S/C14H13BrF2N2/c1-9-5-11(15)7-18-14(9)19(2)8-10-3-4-12(16)6-13(10)17/h3-7H,8H2,1-2H3. The molecule has 0 aliphatic heterocycles. The Morgan fingerprint density at radius 1 is 1.26 bits per heavy atom. The first-order valence-corrected chi connectivity index (χ1v) is 6.54. The number of benzene rings is 1. The Morgan fingerprint density at radius 2 is 2.00 bits per heavy atom. The highest BCUT2D eigenvalue weighted by Gasteiger charge is 2.10. The lowest BCUT2D eigenvalue weighted by Crippen LogP contribution is -2.19. The van der Waals surface area contributed by atoms with Gasteiger partial charge in [0.2, 0.25) is 0 Å². The van der Waals surface area contributed by atoms with Crippen LogP contribution in [0.3, 0.4) is 0 Å². The number of aryl methyl sites for hydroxylation is 1. The van der Waals surface area contributed by atoms with E-state index in [1.54, 1.807) is 6.20 Å². The maximum Gasteiger partial charge on any atom is 0.131 e. The van der Waals surface area contributed by atoms with E-state index in [1.165, 1.54) is 12.1 Å². The predicted molar refractivity (Wildman–Crippen MR) is 75.1 cm³/mol. The van der Waals surface area contributed by atoms with Gasteiger partial charge in [-0.2, -0.15) is 0 Å². The van der Waals surface area contributed by atoms with Crippen LogP contribution >= 0.6 is 15.9 Å². The number of hydrogen-bond donors (Lipinski definition) is 0. The van der Waals surface area contributed by atoms with Gasteiger partial charge in [0.25, 0.3) is 0 Å². The maximum absolute atomic E-state index is 13.6. The molecule has 5 heteroatoms. The fourth-order valence-corrected chi connectivity index (χ4v) is 2.36. The van der Waals surface area contributed by atoms with E-state index in [4.69, 9.17) is 0 Å². The minimum Gasteiger partial charge on any atom is -0.355 e. The van der Waals surface area contributed by atoms with Gasteiger partial charge in [-0.05, 0) is 40.5 Å². The molecule has 0 saturated carbocycles. The van der Waals surface area contributed by atoms with Gasteiger partial charge in [-0.25, -0.2) is 13.8 Å². The molecule has 0 spiro atoms. The molecule has 100 valence electrons. The van der Waals surface area contributed by atoms with Crippen LogP contribution < -0.4 is 4.90 Å². The van der Waals surface area contributed by atoms with Gasteiger partial charge in [0.15, 0.2) is 0 Å². The highest BCUT2D eigenvalue weighted by atomic mass is 79.9. The van der Waals surface area contributed by atoms with Gasteiger partial charge in [0.1, 0.15) is 17.5 Å². The van der Waals surface area contributed by atoms with Crippen molar-refractivity contribution in [3.63, 3.8) is 0 Å². The van der Waals surface area contributed by atoms with Crippen LogP contribution in [0.2, 0.25) is 0 Å². The van der Waals surface area contributed by atoms with E-state index >= 15 is 0 Å². The third-order valence-corrected chi connectivity index (χ3v) is 3.24. The molecule has 2 rings (SSSR count). The lowest BCUT2D eigenvalue weighted by Gasteiger charge is -2.20. The largest absolute Gasteiger partial charge is 0.355 e. The molecule has 2 aromatic rings. The fraction of sp³-hybridized carbons (Fsp3) is 0.214. The quantitative estimate of drug-likeness (QED) is 0.845. The van der Waals surface area contributed by atoms with Gasteiger partial charge in [0.05, 0.1) is 0 Å². The van der Waals surface area contributed by atoms with Crippen molar-refractivity contribution in [2.24, 2.45) is 0 Å². The number of nitrogens with zero attached hydrogens (tertiary/aromatic N) is 2. The van der Waals surface area contributed by atoms with Gasteiger partial charge in [-0.15, -0.1) is 0 Å². The van der Waals surface area contributed by atoms with Crippen molar-refractivity contribution < 1.29 is 8.78 Å². The molecule has 0 N–H and O–H groups in total. The van der Waals surface area contributed by atoms with Gasteiger partial charge in [-0.1, -0.05) is 6.07 Å². The van der Waals surface area contributed by atoms with Crippen LogP contribution in [0.5, 0.6) is 0 Å². The van der Waals surface area contributed by atoms with E-state index in [9.17, 15) is 8.78 Å². The zero-order valence-corrected chi connectivity index (χ0v) is 12.2. The molecule has 0 atom stereocenters. The third kappa shape index (κ3) is 3.29. The molecule has 0 aliphatic carbocycles. The molecular weight excluding hydrogens is 314 g/mol. The molecule has 0 unspecified atom stereocenters. The van der Waals surface area contributed by atoms with Crippen molar-refractivity contribution >= 4 is 21.7 Å². The van der Waals surface area contributed by atoms with E-state index in [0.717, 1.165) is 21.9 Å². The summed E-state index contributed by atoms with van der Waals surface area (Å²) in [5.74, 6) is -0.338. The van der Waals surface area contributed by atoms with Gasteiger partial charge in [-0.3, -0.25) is 0 Å². The van der Waals surface area contributed by atoms with E-state index in [-0.39, 0.29) is 0 Å². The second-order valence-corrected chi connectivity index (χ2v) is 5.30.